The largest absolute Gasteiger partial charge is 0.368 e. The van der Waals surface area contributed by atoms with Crippen LogP contribution in [0.25, 0.3) is 11.0 Å². The van der Waals surface area contributed by atoms with Gasteiger partial charge in [0, 0.05) is 38.9 Å². The molecule has 0 atom stereocenters. The SMILES string of the molecule is Cn1c(CN2CCN(c3ccccc3C(N)=O)CC2)nc2ccccc21. The molecule has 134 valence electrons. The Morgan fingerprint density at radius 1 is 1.04 bits per heavy atom. The molecule has 0 aliphatic carbocycles. The molecule has 1 saturated heterocycles. The van der Waals surface area contributed by atoms with Crippen LogP contribution < -0.4 is 10.6 Å². The lowest BCUT2D eigenvalue weighted by Crippen LogP contribution is -2.46. The summed E-state index contributed by atoms with van der Waals surface area (Å²) in [6.45, 7) is 4.42. The van der Waals surface area contributed by atoms with Gasteiger partial charge in [-0.2, -0.15) is 0 Å². The van der Waals surface area contributed by atoms with Gasteiger partial charge in [0.25, 0.3) is 5.91 Å². The molecular formula is C20H23N5O. The van der Waals surface area contributed by atoms with Crippen LogP contribution in [0.4, 0.5) is 5.69 Å². The van der Waals surface area contributed by atoms with E-state index < -0.39 is 0 Å². The summed E-state index contributed by atoms with van der Waals surface area (Å²) in [6, 6.07) is 15.8. The fourth-order valence-electron chi connectivity index (χ4n) is 3.64. The fourth-order valence-corrected chi connectivity index (χ4v) is 3.64. The minimum Gasteiger partial charge on any atom is -0.368 e. The van der Waals surface area contributed by atoms with Gasteiger partial charge in [-0.15, -0.1) is 0 Å². The Balaban J connectivity index is 1.45. The molecule has 2 N–H and O–H groups in total. The number of piperazine rings is 1. The number of amides is 1. The topological polar surface area (TPSA) is 67.4 Å². The van der Waals surface area contributed by atoms with E-state index in [9.17, 15) is 4.79 Å². The van der Waals surface area contributed by atoms with Crippen LogP contribution in [0.3, 0.4) is 0 Å². The number of carbonyl (C=O) groups excluding carboxylic acids is 1. The van der Waals surface area contributed by atoms with Crippen LogP contribution in [0.15, 0.2) is 48.5 Å². The molecule has 26 heavy (non-hydrogen) atoms. The standard InChI is InChI=1S/C20H23N5O/c1-23-18-9-5-3-7-16(18)22-19(23)14-24-10-12-25(13-11-24)17-8-4-2-6-15(17)20(21)26/h2-9H,10-14H2,1H3,(H2,21,26). The number of benzene rings is 2. The molecule has 2 heterocycles. The molecule has 1 aliphatic heterocycles. The zero-order valence-electron chi connectivity index (χ0n) is 14.9. The molecular weight excluding hydrogens is 326 g/mol. The normalized spacial score (nSPS) is 15.5. The maximum atomic E-state index is 11.7. The van der Waals surface area contributed by atoms with Crippen molar-refractivity contribution >= 4 is 22.6 Å². The fraction of sp³-hybridized carbons (Fsp3) is 0.300. The molecule has 4 rings (SSSR count). The molecule has 0 radical (unpaired) electrons. The highest BCUT2D eigenvalue weighted by atomic mass is 16.1. The summed E-state index contributed by atoms with van der Waals surface area (Å²) in [5, 5.41) is 0. The number of aromatic nitrogens is 2. The molecule has 6 heteroatoms. The number of fused-ring (bicyclic) bond motifs is 1. The van der Waals surface area contributed by atoms with Crippen molar-refractivity contribution in [3.05, 3.63) is 59.9 Å². The van der Waals surface area contributed by atoms with E-state index >= 15 is 0 Å². The number of aryl methyl sites for hydroxylation is 1. The van der Waals surface area contributed by atoms with Crippen molar-refractivity contribution in [3.8, 4) is 0 Å². The molecule has 0 bridgehead atoms. The Kier molecular flexibility index (Phi) is 4.34. The van der Waals surface area contributed by atoms with E-state index in [2.05, 4.69) is 33.5 Å². The average molecular weight is 349 g/mol. The Morgan fingerprint density at radius 3 is 2.46 bits per heavy atom. The van der Waals surface area contributed by atoms with Gasteiger partial charge in [-0.1, -0.05) is 24.3 Å². The van der Waals surface area contributed by atoms with Gasteiger partial charge in [0.2, 0.25) is 0 Å². The summed E-state index contributed by atoms with van der Waals surface area (Å²) >= 11 is 0. The molecule has 0 spiro atoms. The number of anilines is 1. The first kappa shape index (κ1) is 16.6. The highest BCUT2D eigenvalue weighted by Gasteiger charge is 2.21. The number of primary amides is 1. The summed E-state index contributed by atoms with van der Waals surface area (Å²) in [5.74, 6) is 0.708. The minimum atomic E-state index is -0.372. The number of imidazole rings is 1. The smallest absolute Gasteiger partial charge is 0.250 e. The van der Waals surface area contributed by atoms with Crippen LogP contribution in [-0.2, 0) is 13.6 Å². The van der Waals surface area contributed by atoms with E-state index in [0.717, 1.165) is 55.3 Å². The summed E-state index contributed by atoms with van der Waals surface area (Å²) in [5.41, 5.74) is 9.25. The lowest BCUT2D eigenvalue weighted by Gasteiger charge is -2.36. The predicted molar refractivity (Wildman–Crippen MR) is 103 cm³/mol. The molecule has 2 aromatic carbocycles. The summed E-state index contributed by atoms with van der Waals surface area (Å²) in [7, 11) is 2.07. The third-order valence-electron chi connectivity index (χ3n) is 5.13. The number of hydrogen-bond donors (Lipinski definition) is 1. The number of rotatable bonds is 4. The molecule has 3 aromatic rings. The van der Waals surface area contributed by atoms with Crippen molar-refractivity contribution in [2.24, 2.45) is 12.8 Å². The van der Waals surface area contributed by atoms with Crippen LogP contribution >= 0.6 is 0 Å². The van der Waals surface area contributed by atoms with E-state index in [1.54, 1.807) is 6.07 Å². The van der Waals surface area contributed by atoms with E-state index in [0.29, 0.717) is 5.56 Å². The van der Waals surface area contributed by atoms with Crippen molar-refractivity contribution in [1.29, 1.82) is 0 Å². The van der Waals surface area contributed by atoms with Gasteiger partial charge < -0.3 is 15.2 Å². The van der Waals surface area contributed by atoms with Crippen molar-refractivity contribution in [2.45, 2.75) is 6.54 Å². The Bertz CT molecular complexity index is 940. The molecule has 1 aromatic heterocycles. The summed E-state index contributed by atoms with van der Waals surface area (Å²) in [4.78, 5) is 21.1. The van der Waals surface area contributed by atoms with Crippen LogP contribution in [0.2, 0.25) is 0 Å². The molecule has 0 saturated carbocycles. The first-order valence-corrected chi connectivity index (χ1v) is 8.90. The first-order chi connectivity index (χ1) is 12.6. The van der Waals surface area contributed by atoms with Gasteiger partial charge in [-0.05, 0) is 24.3 Å². The van der Waals surface area contributed by atoms with Gasteiger partial charge in [0.1, 0.15) is 5.82 Å². The number of para-hydroxylation sites is 3. The maximum absolute atomic E-state index is 11.7. The number of carbonyl (C=O) groups is 1. The molecule has 1 aliphatic rings. The lowest BCUT2D eigenvalue weighted by atomic mass is 10.1. The van der Waals surface area contributed by atoms with E-state index in [4.69, 9.17) is 10.7 Å². The summed E-state index contributed by atoms with van der Waals surface area (Å²) in [6.07, 6.45) is 0. The summed E-state index contributed by atoms with van der Waals surface area (Å²) < 4.78 is 2.17. The Labute approximate surface area is 152 Å². The van der Waals surface area contributed by atoms with E-state index in [-0.39, 0.29) is 5.91 Å². The van der Waals surface area contributed by atoms with Crippen LogP contribution in [-0.4, -0.2) is 46.5 Å². The van der Waals surface area contributed by atoms with Crippen LogP contribution in [0.5, 0.6) is 0 Å². The first-order valence-electron chi connectivity index (χ1n) is 8.90. The monoisotopic (exact) mass is 349 g/mol. The van der Waals surface area contributed by atoms with Crippen molar-refractivity contribution < 1.29 is 4.79 Å². The van der Waals surface area contributed by atoms with Gasteiger partial charge in [0.05, 0.1) is 23.1 Å². The lowest BCUT2D eigenvalue weighted by molar-refractivity contribution is 0.100. The second-order valence-corrected chi connectivity index (χ2v) is 6.72. The quantitative estimate of drug-likeness (QED) is 0.782. The number of nitrogens with zero attached hydrogens (tertiary/aromatic N) is 4. The Hall–Kier alpha value is -2.86. The Morgan fingerprint density at radius 2 is 1.73 bits per heavy atom. The molecule has 1 fully saturated rings. The van der Waals surface area contributed by atoms with Crippen molar-refractivity contribution in [3.63, 3.8) is 0 Å². The van der Waals surface area contributed by atoms with Crippen molar-refractivity contribution in [1.82, 2.24) is 14.5 Å². The molecule has 6 nitrogen and oxygen atoms in total. The maximum Gasteiger partial charge on any atom is 0.250 e. The third kappa shape index (κ3) is 3.04. The van der Waals surface area contributed by atoms with E-state index in [1.807, 2.05) is 30.3 Å². The van der Waals surface area contributed by atoms with Crippen molar-refractivity contribution in [2.75, 3.05) is 31.1 Å². The number of nitrogens with two attached hydrogens (primary N) is 1. The predicted octanol–water partition coefficient (Wildman–Crippen LogP) is 1.99. The average Bonchev–Trinajstić information content (AvgIpc) is 2.98. The van der Waals surface area contributed by atoms with Crippen LogP contribution in [0, 0.1) is 0 Å². The minimum absolute atomic E-state index is 0.372. The number of hydrogen-bond acceptors (Lipinski definition) is 4. The zero-order valence-corrected chi connectivity index (χ0v) is 14.9. The molecule has 1 amide bonds. The highest BCUT2D eigenvalue weighted by Crippen LogP contribution is 2.22. The second kappa shape index (κ2) is 6.80. The van der Waals surface area contributed by atoms with Gasteiger partial charge in [-0.25, -0.2) is 4.98 Å². The van der Waals surface area contributed by atoms with E-state index in [1.165, 1.54) is 0 Å². The van der Waals surface area contributed by atoms with Gasteiger partial charge >= 0.3 is 0 Å². The molecule has 0 unspecified atom stereocenters. The van der Waals surface area contributed by atoms with Crippen LogP contribution in [0.1, 0.15) is 16.2 Å². The third-order valence-corrected chi connectivity index (χ3v) is 5.13. The van der Waals surface area contributed by atoms with Gasteiger partial charge in [-0.3, -0.25) is 9.69 Å². The second-order valence-electron chi connectivity index (χ2n) is 6.72. The van der Waals surface area contributed by atoms with Gasteiger partial charge in [0.15, 0.2) is 0 Å². The zero-order chi connectivity index (χ0) is 18.1. The highest BCUT2D eigenvalue weighted by molar-refractivity contribution is 5.98.